The molecule has 0 N–H and O–H groups in total. The maximum absolute atomic E-state index is 13.6. The van der Waals surface area contributed by atoms with Crippen LogP contribution < -0.4 is 0 Å². The van der Waals surface area contributed by atoms with E-state index in [1.165, 1.54) is 19.8 Å². The first-order valence-electron chi connectivity index (χ1n) is 5.11. The third-order valence-corrected chi connectivity index (χ3v) is 2.86. The molecule has 0 heterocycles. The zero-order chi connectivity index (χ0) is 9.90. The number of halogens is 1. The topological polar surface area (TPSA) is 9.23 Å². The van der Waals surface area contributed by atoms with Crippen LogP contribution in [0.3, 0.4) is 0 Å². The summed E-state index contributed by atoms with van der Waals surface area (Å²) in [4.78, 5) is 0. The predicted molar refractivity (Wildman–Crippen MR) is 52.3 cm³/mol. The van der Waals surface area contributed by atoms with Gasteiger partial charge in [-0.1, -0.05) is 13.5 Å². The standard InChI is InChI=1S/C11H19FO/c1-4-11(3,12)9(2)13-10-7-5-6-8-10/h10H,2,4-8H2,1,3H3. The van der Waals surface area contributed by atoms with Gasteiger partial charge in [0.2, 0.25) is 0 Å². The Morgan fingerprint density at radius 1 is 1.54 bits per heavy atom. The van der Waals surface area contributed by atoms with Gasteiger partial charge in [-0.25, -0.2) is 4.39 Å². The molecule has 0 aromatic carbocycles. The minimum Gasteiger partial charge on any atom is -0.492 e. The first kappa shape index (κ1) is 10.6. The van der Waals surface area contributed by atoms with Crippen LogP contribution in [0.1, 0.15) is 46.0 Å². The van der Waals surface area contributed by atoms with Gasteiger partial charge in [0.05, 0.1) is 6.10 Å². The Bertz CT molecular complexity index is 181. The van der Waals surface area contributed by atoms with Crippen LogP contribution >= 0.6 is 0 Å². The molecule has 0 radical (unpaired) electrons. The number of ether oxygens (including phenoxy) is 1. The molecule has 0 aromatic heterocycles. The van der Waals surface area contributed by atoms with Crippen molar-refractivity contribution in [3.8, 4) is 0 Å². The number of hydrogen-bond acceptors (Lipinski definition) is 1. The molecule has 1 nitrogen and oxygen atoms in total. The minimum absolute atomic E-state index is 0.217. The fourth-order valence-electron chi connectivity index (χ4n) is 1.53. The van der Waals surface area contributed by atoms with Gasteiger partial charge in [0, 0.05) is 0 Å². The molecule has 1 aliphatic carbocycles. The Hall–Kier alpha value is -0.530. The molecule has 0 amide bonds. The molecule has 76 valence electrons. The molecule has 0 aliphatic heterocycles. The zero-order valence-corrected chi connectivity index (χ0v) is 8.61. The van der Waals surface area contributed by atoms with E-state index < -0.39 is 5.67 Å². The maximum Gasteiger partial charge on any atom is 0.163 e. The highest BCUT2D eigenvalue weighted by Gasteiger charge is 2.29. The fraction of sp³-hybridized carbons (Fsp3) is 0.818. The number of hydrogen-bond donors (Lipinski definition) is 0. The largest absolute Gasteiger partial charge is 0.492 e. The molecule has 1 atom stereocenters. The lowest BCUT2D eigenvalue weighted by Gasteiger charge is -2.24. The van der Waals surface area contributed by atoms with Crippen molar-refractivity contribution in [3.05, 3.63) is 12.3 Å². The molecule has 0 spiro atoms. The zero-order valence-electron chi connectivity index (χ0n) is 8.61. The van der Waals surface area contributed by atoms with Crippen LogP contribution in [-0.2, 0) is 4.74 Å². The summed E-state index contributed by atoms with van der Waals surface area (Å²) in [6.07, 6.45) is 5.16. The normalized spacial score (nSPS) is 22.7. The number of rotatable bonds is 4. The lowest BCUT2D eigenvalue weighted by molar-refractivity contribution is 0.0491. The summed E-state index contributed by atoms with van der Waals surface area (Å²) >= 11 is 0. The van der Waals surface area contributed by atoms with Crippen molar-refractivity contribution in [1.82, 2.24) is 0 Å². The summed E-state index contributed by atoms with van der Waals surface area (Å²) in [5.74, 6) is 0.307. The summed E-state index contributed by atoms with van der Waals surface area (Å²) in [7, 11) is 0. The van der Waals surface area contributed by atoms with E-state index in [4.69, 9.17) is 4.74 Å². The molecule has 0 saturated heterocycles. The van der Waals surface area contributed by atoms with E-state index in [2.05, 4.69) is 6.58 Å². The lowest BCUT2D eigenvalue weighted by atomic mass is 10.0. The summed E-state index contributed by atoms with van der Waals surface area (Å²) in [6, 6.07) is 0. The second-order valence-corrected chi connectivity index (χ2v) is 4.00. The Kier molecular flexibility index (Phi) is 3.34. The maximum atomic E-state index is 13.6. The average Bonchev–Trinajstić information content (AvgIpc) is 2.57. The summed E-state index contributed by atoms with van der Waals surface area (Å²) in [5.41, 5.74) is -1.36. The van der Waals surface area contributed by atoms with Gasteiger partial charge in [-0.3, -0.25) is 0 Å². The minimum atomic E-state index is -1.36. The third kappa shape index (κ3) is 2.71. The van der Waals surface area contributed by atoms with Crippen LogP contribution in [0.25, 0.3) is 0 Å². The van der Waals surface area contributed by atoms with Gasteiger partial charge in [0.1, 0.15) is 5.76 Å². The van der Waals surface area contributed by atoms with Crippen molar-refractivity contribution < 1.29 is 9.13 Å². The molecule has 13 heavy (non-hydrogen) atoms. The SMILES string of the molecule is C=C(OC1CCCC1)C(C)(F)CC. The van der Waals surface area contributed by atoms with Gasteiger partial charge in [-0.15, -0.1) is 0 Å². The fourth-order valence-corrected chi connectivity index (χ4v) is 1.53. The molecule has 1 unspecified atom stereocenters. The van der Waals surface area contributed by atoms with Crippen molar-refractivity contribution in [2.45, 2.75) is 57.7 Å². The summed E-state index contributed by atoms with van der Waals surface area (Å²) < 4.78 is 19.1. The molecule has 1 saturated carbocycles. The van der Waals surface area contributed by atoms with E-state index in [0.29, 0.717) is 12.2 Å². The van der Waals surface area contributed by atoms with Gasteiger partial charge >= 0.3 is 0 Å². The molecule has 1 aliphatic rings. The highest BCUT2D eigenvalue weighted by atomic mass is 19.1. The monoisotopic (exact) mass is 186 g/mol. The van der Waals surface area contributed by atoms with Crippen LogP contribution in [0.5, 0.6) is 0 Å². The third-order valence-electron chi connectivity index (χ3n) is 2.86. The Labute approximate surface area is 80.0 Å². The van der Waals surface area contributed by atoms with E-state index in [-0.39, 0.29) is 6.10 Å². The molecule has 1 fully saturated rings. The Balaban J connectivity index is 2.39. The van der Waals surface area contributed by atoms with Gasteiger partial charge < -0.3 is 4.74 Å². The van der Waals surface area contributed by atoms with Crippen molar-refractivity contribution in [3.63, 3.8) is 0 Å². The number of allylic oxidation sites excluding steroid dienone is 1. The van der Waals surface area contributed by atoms with Crippen molar-refractivity contribution in [2.75, 3.05) is 0 Å². The van der Waals surface area contributed by atoms with Crippen LogP contribution in [-0.4, -0.2) is 11.8 Å². The van der Waals surface area contributed by atoms with Crippen molar-refractivity contribution >= 4 is 0 Å². The highest BCUT2D eigenvalue weighted by molar-refractivity contribution is 5.03. The second kappa shape index (κ2) is 4.12. The quantitative estimate of drug-likeness (QED) is 0.609. The molecule has 2 heteroatoms. The van der Waals surface area contributed by atoms with E-state index in [9.17, 15) is 4.39 Å². The first-order chi connectivity index (χ1) is 6.06. The summed E-state index contributed by atoms with van der Waals surface area (Å²) in [6.45, 7) is 7.00. The Morgan fingerprint density at radius 3 is 2.54 bits per heavy atom. The molecule has 1 rings (SSSR count). The van der Waals surface area contributed by atoms with E-state index in [1.807, 2.05) is 6.92 Å². The Morgan fingerprint density at radius 2 is 2.08 bits per heavy atom. The van der Waals surface area contributed by atoms with Crippen molar-refractivity contribution in [1.29, 1.82) is 0 Å². The lowest BCUT2D eigenvalue weighted by Crippen LogP contribution is -2.24. The average molecular weight is 186 g/mol. The van der Waals surface area contributed by atoms with E-state index >= 15 is 0 Å². The highest BCUT2D eigenvalue weighted by Crippen LogP contribution is 2.30. The summed E-state index contributed by atoms with van der Waals surface area (Å²) in [5, 5.41) is 0. The van der Waals surface area contributed by atoms with Crippen LogP contribution in [0, 0.1) is 0 Å². The molecular weight excluding hydrogens is 167 g/mol. The molecule has 0 bridgehead atoms. The van der Waals surface area contributed by atoms with Crippen LogP contribution in [0.2, 0.25) is 0 Å². The van der Waals surface area contributed by atoms with Gasteiger partial charge in [-0.05, 0) is 39.0 Å². The van der Waals surface area contributed by atoms with Crippen LogP contribution in [0.4, 0.5) is 4.39 Å². The molecular formula is C11H19FO. The van der Waals surface area contributed by atoms with Crippen LogP contribution in [0.15, 0.2) is 12.3 Å². The smallest absolute Gasteiger partial charge is 0.163 e. The molecule has 0 aromatic rings. The van der Waals surface area contributed by atoms with Gasteiger partial charge in [0.25, 0.3) is 0 Å². The second-order valence-electron chi connectivity index (χ2n) is 4.00. The number of alkyl halides is 1. The van der Waals surface area contributed by atoms with Crippen molar-refractivity contribution in [2.24, 2.45) is 0 Å². The van der Waals surface area contributed by atoms with E-state index in [1.54, 1.807) is 0 Å². The van der Waals surface area contributed by atoms with Gasteiger partial charge in [0.15, 0.2) is 5.67 Å². The predicted octanol–water partition coefficient (Wildman–Crippen LogP) is 3.60. The van der Waals surface area contributed by atoms with Gasteiger partial charge in [-0.2, -0.15) is 0 Å². The van der Waals surface area contributed by atoms with E-state index in [0.717, 1.165) is 12.8 Å². The first-order valence-corrected chi connectivity index (χ1v) is 5.11.